The van der Waals surface area contributed by atoms with Crippen LogP contribution in [0.25, 0.3) is 0 Å². The Balaban J connectivity index is 5.23. The van der Waals surface area contributed by atoms with Crippen LogP contribution in [0.3, 0.4) is 0 Å². The van der Waals surface area contributed by atoms with Crippen LogP contribution < -0.4 is 0 Å². The number of esters is 4. The Morgan fingerprint density at radius 2 is 0.444 bits per heavy atom. The maximum absolute atomic E-state index is 13.2. The van der Waals surface area contributed by atoms with E-state index >= 15 is 0 Å². The minimum atomic E-state index is -4.97. The molecule has 0 aromatic rings. The Labute approximate surface area is 664 Å². The molecule has 642 valence electrons. The third-order valence-corrected chi connectivity index (χ3v) is 23.1. The second-order valence-electron chi connectivity index (χ2n) is 33.7. The van der Waals surface area contributed by atoms with E-state index in [4.69, 9.17) is 37.0 Å². The van der Waals surface area contributed by atoms with Gasteiger partial charge in [0.2, 0.25) is 0 Å². The molecule has 0 amide bonds. The Morgan fingerprint density at radius 1 is 0.259 bits per heavy atom. The normalized spacial score (nSPS) is 14.1. The number of carbonyl (C=O) groups excluding carboxylic acids is 4. The lowest BCUT2D eigenvalue weighted by atomic mass is 10.00. The molecule has 0 aromatic carbocycles. The maximum atomic E-state index is 13.2. The van der Waals surface area contributed by atoms with Crippen molar-refractivity contribution in [2.45, 2.75) is 485 Å². The summed E-state index contributed by atoms with van der Waals surface area (Å²) in [7, 11) is -9.93. The number of unbranched alkanes of at least 4 members (excludes halogenated alkanes) is 51. The SMILES string of the molecule is CCC(C)CCCCCCCCC(=O)OC[C@H](COP(=O)(O)OC[C@H](O)COP(=O)(O)OC[C@@H](COC(=O)CCCCCCCCCCCCCCCCCCC(C)C)OC(=O)CCCCCCCCCCCCCCCCCCCCC(C)C)OC(=O)CCCCCCCCCCCCCCCCCC(C)C. The summed E-state index contributed by atoms with van der Waals surface area (Å²) in [5.41, 5.74) is 0. The first kappa shape index (κ1) is 106. The van der Waals surface area contributed by atoms with Crippen LogP contribution >= 0.6 is 15.6 Å². The third kappa shape index (κ3) is 80.7. The lowest BCUT2D eigenvalue weighted by Gasteiger charge is -2.21. The van der Waals surface area contributed by atoms with Crippen molar-refractivity contribution in [3.05, 3.63) is 0 Å². The van der Waals surface area contributed by atoms with Gasteiger partial charge in [-0.25, -0.2) is 9.13 Å². The fourth-order valence-electron chi connectivity index (χ4n) is 13.8. The molecule has 17 nitrogen and oxygen atoms in total. The van der Waals surface area contributed by atoms with E-state index in [1.54, 1.807) is 0 Å². The quantitative estimate of drug-likeness (QED) is 0.0222. The lowest BCUT2D eigenvalue weighted by Crippen LogP contribution is -2.30. The zero-order chi connectivity index (χ0) is 79.5. The van der Waals surface area contributed by atoms with E-state index in [2.05, 4.69) is 55.4 Å². The predicted molar refractivity (Wildman–Crippen MR) is 446 cm³/mol. The van der Waals surface area contributed by atoms with Crippen LogP contribution in [0.1, 0.15) is 466 Å². The van der Waals surface area contributed by atoms with Crippen LogP contribution in [0.4, 0.5) is 0 Å². The van der Waals surface area contributed by atoms with E-state index in [-0.39, 0.29) is 25.7 Å². The first-order valence-electron chi connectivity index (χ1n) is 45.7. The minimum Gasteiger partial charge on any atom is -0.462 e. The summed E-state index contributed by atoms with van der Waals surface area (Å²) in [4.78, 5) is 73.3. The molecule has 108 heavy (non-hydrogen) atoms. The number of phosphoric ester groups is 2. The standard InChI is InChI=1S/C89H174O17P2/c1-9-82(8)68-60-52-47-48-54-62-70-87(92)100-76-85(106-89(94)72-64-56-46-40-34-28-22-16-19-25-31-37-43-51-59-67-81(6)7)78-104-108(97,98)102-74-83(90)73-101-107(95,96)103-77-84(75-99-86(91)69-61-53-44-38-32-26-20-15-14-18-24-30-36-42-50-58-66-80(4)5)105-88(93)71-63-55-45-39-33-27-21-13-11-10-12-17-23-29-35-41-49-57-65-79(2)3/h79-85,90H,9-78H2,1-8H3,(H,95,96)(H,97,98)/t82?,83-,84-,85-/m1/s1. The zero-order valence-electron chi connectivity index (χ0n) is 71.5. The molecule has 3 N–H and O–H groups in total. The molecule has 0 saturated carbocycles. The van der Waals surface area contributed by atoms with Gasteiger partial charge in [-0.2, -0.15) is 0 Å². The molecule has 0 fully saturated rings. The Morgan fingerprint density at radius 3 is 0.657 bits per heavy atom. The first-order chi connectivity index (χ1) is 52.1. The fourth-order valence-corrected chi connectivity index (χ4v) is 15.4. The Bertz CT molecular complexity index is 2100. The number of hydrogen-bond donors (Lipinski definition) is 3. The highest BCUT2D eigenvalue weighted by Crippen LogP contribution is 2.45. The van der Waals surface area contributed by atoms with Gasteiger partial charge in [-0.05, 0) is 49.4 Å². The average molecular weight is 1580 g/mol. The molecule has 0 rings (SSSR count). The van der Waals surface area contributed by atoms with E-state index in [9.17, 15) is 43.2 Å². The number of ether oxygens (including phenoxy) is 4. The Hall–Kier alpha value is -1.94. The van der Waals surface area contributed by atoms with Crippen molar-refractivity contribution in [1.82, 2.24) is 0 Å². The second kappa shape index (κ2) is 77.6. The topological polar surface area (TPSA) is 237 Å². The molecule has 0 saturated heterocycles. The summed E-state index contributed by atoms with van der Waals surface area (Å²) in [6.45, 7) is 14.4. The molecule has 0 aliphatic heterocycles. The van der Waals surface area contributed by atoms with Crippen molar-refractivity contribution < 1.29 is 80.2 Å². The molecular formula is C89H174O17P2. The molecular weight excluding hydrogens is 1400 g/mol. The highest BCUT2D eigenvalue weighted by Gasteiger charge is 2.31. The van der Waals surface area contributed by atoms with Crippen molar-refractivity contribution in [1.29, 1.82) is 0 Å². The summed E-state index contributed by atoms with van der Waals surface area (Å²) in [5, 5.41) is 10.7. The van der Waals surface area contributed by atoms with E-state index in [0.717, 1.165) is 120 Å². The van der Waals surface area contributed by atoms with Gasteiger partial charge in [-0.15, -0.1) is 0 Å². The molecule has 0 bridgehead atoms. The van der Waals surface area contributed by atoms with E-state index in [1.807, 2.05) is 0 Å². The molecule has 0 radical (unpaired) electrons. The van der Waals surface area contributed by atoms with Crippen molar-refractivity contribution in [2.75, 3.05) is 39.6 Å². The predicted octanol–water partition coefficient (Wildman–Crippen LogP) is 27.1. The zero-order valence-corrected chi connectivity index (χ0v) is 73.3. The number of phosphoric acid groups is 2. The Kier molecular flexibility index (Phi) is 76.2. The molecule has 3 unspecified atom stereocenters. The average Bonchev–Trinajstić information content (AvgIpc) is 0.900. The van der Waals surface area contributed by atoms with Gasteiger partial charge >= 0.3 is 39.5 Å². The minimum absolute atomic E-state index is 0.107. The van der Waals surface area contributed by atoms with Crippen LogP contribution in [0.15, 0.2) is 0 Å². The van der Waals surface area contributed by atoms with Crippen molar-refractivity contribution in [2.24, 2.45) is 23.7 Å². The van der Waals surface area contributed by atoms with E-state index < -0.39 is 97.5 Å². The van der Waals surface area contributed by atoms with Gasteiger partial charge in [0, 0.05) is 25.7 Å². The van der Waals surface area contributed by atoms with E-state index in [0.29, 0.717) is 25.7 Å². The lowest BCUT2D eigenvalue weighted by molar-refractivity contribution is -0.161. The summed E-state index contributed by atoms with van der Waals surface area (Å²) in [6.07, 6.45) is 68.1. The van der Waals surface area contributed by atoms with Gasteiger partial charge in [-0.1, -0.05) is 415 Å². The van der Waals surface area contributed by atoms with Crippen LogP contribution in [0, 0.1) is 23.7 Å². The fraction of sp³-hybridized carbons (Fsp3) is 0.955. The van der Waals surface area contributed by atoms with E-state index in [1.165, 1.54) is 263 Å². The van der Waals surface area contributed by atoms with Gasteiger partial charge < -0.3 is 33.8 Å². The van der Waals surface area contributed by atoms with Crippen molar-refractivity contribution >= 4 is 39.5 Å². The largest absolute Gasteiger partial charge is 0.472 e. The number of carbonyl (C=O) groups is 4. The number of hydrogen-bond acceptors (Lipinski definition) is 15. The second-order valence-corrected chi connectivity index (χ2v) is 36.6. The summed E-state index contributed by atoms with van der Waals surface area (Å²) < 4.78 is 69.0. The van der Waals surface area contributed by atoms with Gasteiger partial charge in [0.1, 0.15) is 19.3 Å². The highest BCUT2D eigenvalue weighted by atomic mass is 31.2. The van der Waals surface area contributed by atoms with Gasteiger partial charge in [0.25, 0.3) is 0 Å². The number of aliphatic hydroxyl groups excluding tert-OH is 1. The number of aliphatic hydroxyl groups is 1. The van der Waals surface area contributed by atoms with Gasteiger partial charge in [0.15, 0.2) is 12.2 Å². The summed E-state index contributed by atoms with van der Waals surface area (Å²) in [5.74, 6) is 1.06. The summed E-state index contributed by atoms with van der Waals surface area (Å²) >= 11 is 0. The molecule has 0 aliphatic rings. The molecule has 6 atom stereocenters. The third-order valence-electron chi connectivity index (χ3n) is 21.2. The first-order valence-corrected chi connectivity index (χ1v) is 48.7. The molecule has 0 aromatic heterocycles. The van der Waals surface area contributed by atoms with Crippen LogP contribution in [0.5, 0.6) is 0 Å². The van der Waals surface area contributed by atoms with Crippen molar-refractivity contribution in [3.8, 4) is 0 Å². The monoisotopic (exact) mass is 1580 g/mol. The number of rotatable bonds is 86. The maximum Gasteiger partial charge on any atom is 0.472 e. The van der Waals surface area contributed by atoms with Gasteiger partial charge in [0.05, 0.1) is 26.4 Å². The van der Waals surface area contributed by atoms with Crippen molar-refractivity contribution in [3.63, 3.8) is 0 Å². The highest BCUT2D eigenvalue weighted by molar-refractivity contribution is 7.47. The smallest absolute Gasteiger partial charge is 0.462 e. The van der Waals surface area contributed by atoms with Crippen LogP contribution in [-0.4, -0.2) is 96.7 Å². The van der Waals surface area contributed by atoms with Crippen LogP contribution in [-0.2, 0) is 65.4 Å². The van der Waals surface area contributed by atoms with Crippen LogP contribution in [0.2, 0.25) is 0 Å². The molecule has 0 spiro atoms. The van der Waals surface area contributed by atoms with Gasteiger partial charge in [-0.3, -0.25) is 37.3 Å². The molecule has 0 heterocycles. The summed E-state index contributed by atoms with van der Waals surface area (Å²) in [6, 6.07) is 0. The molecule has 0 aliphatic carbocycles. The molecule has 19 heteroatoms.